The van der Waals surface area contributed by atoms with Crippen molar-refractivity contribution in [2.24, 2.45) is 0 Å². The van der Waals surface area contributed by atoms with Crippen LogP contribution in [0.15, 0.2) is 24.3 Å². The van der Waals surface area contributed by atoms with E-state index >= 15 is 0 Å². The summed E-state index contributed by atoms with van der Waals surface area (Å²) in [6.07, 6.45) is 0.787. The van der Waals surface area contributed by atoms with E-state index < -0.39 is 0 Å². The zero-order valence-corrected chi connectivity index (χ0v) is 12.0. The Balaban J connectivity index is 1.78. The molecule has 1 aliphatic rings. The molecule has 2 rings (SSSR count). The molecule has 0 spiro atoms. The van der Waals surface area contributed by atoms with E-state index in [1.807, 2.05) is 36.0 Å². The second-order valence-electron chi connectivity index (χ2n) is 4.43. The highest BCUT2D eigenvalue weighted by Gasteiger charge is 2.20. The van der Waals surface area contributed by atoms with Gasteiger partial charge in [-0.1, -0.05) is 18.2 Å². The van der Waals surface area contributed by atoms with E-state index in [1.54, 1.807) is 7.11 Å². The molecule has 1 fully saturated rings. The topological polar surface area (TPSA) is 50.4 Å². The summed E-state index contributed by atoms with van der Waals surface area (Å²) in [6, 6.07) is 7.86. The zero-order chi connectivity index (χ0) is 13.5. The molecule has 1 aromatic carbocycles. The predicted molar refractivity (Wildman–Crippen MR) is 78.8 cm³/mol. The van der Waals surface area contributed by atoms with Crippen molar-refractivity contribution < 1.29 is 9.53 Å². The van der Waals surface area contributed by atoms with Crippen LogP contribution >= 0.6 is 11.8 Å². The van der Waals surface area contributed by atoms with Crippen molar-refractivity contribution in [3.8, 4) is 5.75 Å². The van der Waals surface area contributed by atoms with E-state index in [0.29, 0.717) is 6.54 Å². The van der Waals surface area contributed by atoms with Gasteiger partial charge < -0.3 is 15.4 Å². The molecule has 1 saturated heterocycles. The van der Waals surface area contributed by atoms with Crippen LogP contribution < -0.4 is 15.4 Å². The van der Waals surface area contributed by atoms with E-state index in [-0.39, 0.29) is 11.9 Å². The van der Waals surface area contributed by atoms with E-state index in [4.69, 9.17) is 4.74 Å². The molecule has 5 heteroatoms. The first-order valence-electron chi connectivity index (χ1n) is 6.52. The van der Waals surface area contributed by atoms with E-state index in [9.17, 15) is 4.79 Å². The van der Waals surface area contributed by atoms with Gasteiger partial charge in [0.1, 0.15) is 5.75 Å². The summed E-state index contributed by atoms with van der Waals surface area (Å²) in [6.45, 7) is 1.55. The third-order valence-corrected chi connectivity index (χ3v) is 4.19. The molecule has 0 aromatic heterocycles. The first kappa shape index (κ1) is 14.2. The number of nitrogens with one attached hydrogen (secondary N) is 2. The van der Waals surface area contributed by atoms with Crippen LogP contribution in [0.1, 0.15) is 5.56 Å². The first-order valence-corrected chi connectivity index (χ1v) is 7.67. The van der Waals surface area contributed by atoms with Crippen LogP contribution in [-0.4, -0.2) is 43.7 Å². The second kappa shape index (κ2) is 7.40. The fourth-order valence-corrected chi connectivity index (χ4v) is 3.02. The van der Waals surface area contributed by atoms with Crippen molar-refractivity contribution in [2.45, 2.75) is 12.5 Å². The molecule has 4 nitrogen and oxygen atoms in total. The van der Waals surface area contributed by atoms with Crippen molar-refractivity contribution in [1.29, 1.82) is 0 Å². The molecule has 2 N–H and O–H groups in total. The molecule has 0 radical (unpaired) electrons. The third-order valence-electron chi connectivity index (χ3n) is 3.12. The Hall–Kier alpha value is -1.20. The molecule has 1 amide bonds. The summed E-state index contributed by atoms with van der Waals surface area (Å²) in [5.41, 5.74) is 1.12. The Bertz CT molecular complexity index is 420. The minimum Gasteiger partial charge on any atom is -0.496 e. The van der Waals surface area contributed by atoms with Crippen LogP contribution in [-0.2, 0) is 11.2 Å². The maximum Gasteiger partial charge on any atom is 0.238 e. The summed E-state index contributed by atoms with van der Waals surface area (Å²) < 4.78 is 5.29. The zero-order valence-electron chi connectivity index (χ0n) is 11.1. The lowest BCUT2D eigenvalue weighted by Crippen LogP contribution is -2.49. The van der Waals surface area contributed by atoms with Gasteiger partial charge >= 0.3 is 0 Å². The summed E-state index contributed by atoms with van der Waals surface area (Å²) in [4.78, 5) is 11.9. The number of rotatable bonds is 5. The van der Waals surface area contributed by atoms with E-state index in [2.05, 4.69) is 10.6 Å². The quantitative estimate of drug-likeness (QED) is 0.847. The van der Waals surface area contributed by atoms with Gasteiger partial charge in [-0.3, -0.25) is 4.79 Å². The summed E-state index contributed by atoms with van der Waals surface area (Å²) in [7, 11) is 1.67. The van der Waals surface area contributed by atoms with Crippen LogP contribution in [0.5, 0.6) is 5.75 Å². The lowest BCUT2D eigenvalue weighted by atomic mass is 10.1. The number of amides is 1. The van der Waals surface area contributed by atoms with Gasteiger partial charge in [-0.25, -0.2) is 0 Å². The van der Waals surface area contributed by atoms with Gasteiger partial charge in [-0.15, -0.1) is 0 Å². The number of benzene rings is 1. The molecule has 104 valence electrons. The van der Waals surface area contributed by atoms with Crippen molar-refractivity contribution in [2.75, 3.05) is 31.7 Å². The van der Waals surface area contributed by atoms with E-state index in [1.165, 1.54) is 0 Å². The van der Waals surface area contributed by atoms with Crippen LogP contribution in [0.2, 0.25) is 0 Å². The van der Waals surface area contributed by atoms with Gasteiger partial charge in [-0.05, 0) is 18.1 Å². The molecule has 0 saturated carbocycles. The fourth-order valence-electron chi connectivity index (χ4n) is 2.09. The van der Waals surface area contributed by atoms with Crippen molar-refractivity contribution in [3.63, 3.8) is 0 Å². The largest absolute Gasteiger partial charge is 0.496 e. The Morgan fingerprint density at radius 2 is 2.37 bits per heavy atom. The number of ether oxygens (including phenoxy) is 1. The normalized spacial score (nSPS) is 18.9. The van der Waals surface area contributed by atoms with Crippen LogP contribution in [0, 0.1) is 0 Å². The number of para-hydroxylation sites is 1. The molecule has 1 unspecified atom stereocenters. The molecular formula is C14H20N2O2S. The molecule has 0 bridgehead atoms. The Kier molecular flexibility index (Phi) is 5.54. The van der Waals surface area contributed by atoms with Crippen LogP contribution in [0.4, 0.5) is 0 Å². The summed E-state index contributed by atoms with van der Waals surface area (Å²) in [5, 5.41) is 6.21. The second-order valence-corrected chi connectivity index (χ2v) is 5.58. The van der Waals surface area contributed by atoms with Crippen LogP contribution in [0.3, 0.4) is 0 Å². The maximum absolute atomic E-state index is 11.9. The smallest absolute Gasteiger partial charge is 0.238 e. The fraction of sp³-hybridized carbons (Fsp3) is 0.500. The van der Waals surface area contributed by atoms with Crippen molar-refractivity contribution in [1.82, 2.24) is 10.6 Å². The molecule has 1 aromatic rings. The van der Waals surface area contributed by atoms with Gasteiger partial charge in [0.2, 0.25) is 5.91 Å². The molecule has 19 heavy (non-hydrogen) atoms. The molecule has 0 aliphatic carbocycles. The molecule has 1 aliphatic heterocycles. The standard InChI is InChI=1S/C14H20N2O2S/c1-18-13-5-3-2-4-11(13)6-7-16-14(17)12-10-19-9-8-15-12/h2-5,12,15H,6-10H2,1H3,(H,16,17). The van der Waals surface area contributed by atoms with Gasteiger partial charge in [0.25, 0.3) is 0 Å². The minimum absolute atomic E-state index is 0.0450. The molecular weight excluding hydrogens is 260 g/mol. The highest BCUT2D eigenvalue weighted by molar-refractivity contribution is 7.99. The summed E-state index contributed by atoms with van der Waals surface area (Å²) >= 11 is 1.82. The number of hydrogen-bond acceptors (Lipinski definition) is 4. The number of thioether (sulfide) groups is 1. The molecule has 1 heterocycles. The van der Waals surface area contributed by atoms with Crippen LogP contribution in [0.25, 0.3) is 0 Å². The maximum atomic E-state index is 11.9. The highest BCUT2D eigenvalue weighted by atomic mass is 32.2. The Morgan fingerprint density at radius 3 is 3.11 bits per heavy atom. The minimum atomic E-state index is -0.0450. The number of hydrogen-bond donors (Lipinski definition) is 2. The van der Waals surface area contributed by atoms with Crippen molar-refractivity contribution >= 4 is 17.7 Å². The number of methoxy groups -OCH3 is 1. The highest BCUT2D eigenvalue weighted by Crippen LogP contribution is 2.17. The number of carbonyl (C=O) groups excluding carboxylic acids is 1. The monoisotopic (exact) mass is 280 g/mol. The predicted octanol–water partition coefficient (Wildman–Crippen LogP) is 1.06. The van der Waals surface area contributed by atoms with Gasteiger partial charge in [0, 0.05) is 24.6 Å². The lowest BCUT2D eigenvalue weighted by Gasteiger charge is -2.22. The SMILES string of the molecule is COc1ccccc1CCNC(=O)C1CSCCN1. The Labute approximate surface area is 118 Å². The Morgan fingerprint density at radius 1 is 1.53 bits per heavy atom. The van der Waals surface area contributed by atoms with Gasteiger partial charge in [0.05, 0.1) is 13.2 Å². The first-order chi connectivity index (χ1) is 9.31. The third kappa shape index (κ3) is 4.14. The van der Waals surface area contributed by atoms with Crippen molar-refractivity contribution in [3.05, 3.63) is 29.8 Å². The van der Waals surface area contributed by atoms with Gasteiger partial charge in [-0.2, -0.15) is 11.8 Å². The molecule has 1 atom stereocenters. The lowest BCUT2D eigenvalue weighted by molar-refractivity contribution is -0.122. The van der Waals surface area contributed by atoms with Gasteiger partial charge in [0.15, 0.2) is 0 Å². The average molecular weight is 280 g/mol. The van der Waals surface area contributed by atoms with E-state index in [0.717, 1.165) is 35.8 Å². The summed E-state index contributed by atoms with van der Waals surface area (Å²) in [5.74, 6) is 2.93. The number of carbonyl (C=O) groups is 1. The average Bonchev–Trinajstić information content (AvgIpc) is 2.48.